The first kappa shape index (κ1) is 26.2. The number of benzene rings is 1. The maximum Gasteiger partial charge on any atom is 0.328 e. The molecule has 0 aliphatic rings. The summed E-state index contributed by atoms with van der Waals surface area (Å²) in [5.41, 5.74) is 6.04. The number of hydrogen-bond donors (Lipinski definition) is 8. The highest BCUT2D eigenvalue weighted by Gasteiger charge is 2.31. The van der Waals surface area contributed by atoms with Gasteiger partial charge in [0.15, 0.2) is 6.04 Å². The number of carbonyl (C=O) groups is 4. The van der Waals surface area contributed by atoms with Gasteiger partial charge in [-0.15, -0.1) is 0 Å². The number of rotatable bonds is 11. The molecule has 3 amide bonds. The molecule has 8 N–H and O–H groups in total. The van der Waals surface area contributed by atoms with E-state index in [-0.39, 0.29) is 17.9 Å². The van der Waals surface area contributed by atoms with Crippen molar-refractivity contribution in [3.05, 3.63) is 29.8 Å². The summed E-state index contributed by atoms with van der Waals surface area (Å²) in [5.74, 6) is -3.70. The lowest BCUT2D eigenvalue weighted by molar-refractivity contribution is -0.145. The van der Waals surface area contributed by atoms with Crippen molar-refractivity contribution in [1.82, 2.24) is 16.0 Å². The van der Waals surface area contributed by atoms with Crippen LogP contribution < -0.4 is 21.7 Å². The summed E-state index contributed by atoms with van der Waals surface area (Å²) >= 11 is 4.04. The Morgan fingerprint density at radius 2 is 1.48 bits per heavy atom. The van der Waals surface area contributed by atoms with Gasteiger partial charge in [-0.05, 0) is 31.5 Å². The molecule has 12 heteroatoms. The number of amides is 3. The Labute approximate surface area is 184 Å². The summed E-state index contributed by atoms with van der Waals surface area (Å²) in [6, 6.07) is 1.04. The Bertz CT molecular complexity index is 786. The van der Waals surface area contributed by atoms with Gasteiger partial charge in [-0.3, -0.25) is 14.4 Å². The molecule has 5 atom stereocenters. The van der Waals surface area contributed by atoms with Gasteiger partial charge in [0.2, 0.25) is 17.7 Å². The molecule has 0 fully saturated rings. The third kappa shape index (κ3) is 8.44. The van der Waals surface area contributed by atoms with Crippen LogP contribution >= 0.6 is 12.6 Å². The van der Waals surface area contributed by atoms with Gasteiger partial charge in [0.05, 0.1) is 12.1 Å². The van der Waals surface area contributed by atoms with Gasteiger partial charge in [0, 0.05) is 12.2 Å². The molecule has 1 aromatic rings. The van der Waals surface area contributed by atoms with Gasteiger partial charge in [-0.25, -0.2) is 4.79 Å². The number of aliphatic carboxylic acids is 1. The summed E-state index contributed by atoms with van der Waals surface area (Å²) in [4.78, 5) is 48.5. The molecule has 0 radical (unpaired) electrons. The average molecular weight is 457 g/mol. The highest BCUT2D eigenvalue weighted by Crippen LogP contribution is 2.12. The number of nitrogens with two attached hydrogens (primary N) is 1. The minimum atomic E-state index is -1.59. The zero-order chi connectivity index (χ0) is 23.7. The van der Waals surface area contributed by atoms with Gasteiger partial charge in [-0.2, -0.15) is 12.6 Å². The molecule has 0 bridgehead atoms. The van der Waals surface area contributed by atoms with E-state index in [0.717, 1.165) is 0 Å². The van der Waals surface area contributed by atoms with Crippen LogP contribution in [0.4, 0.5) is 0 Å². The van der Waals surface area contributed by atoms with Crippen LogP contribution in [0.5, 0.6) is 5.75 Å². The summed E-state index contributed by atoms with van der Waals surface area (Å²) in [7, 11) is 0. The molecule has 1 rings (SSSR count). The molecule has 1 aromatic carbocycles. The van der Waals surface area contributed by atoms with Crippen LogP contribution in [0.2, 0.25) is 0 Å². The number of phenols is 1. The van der Waals surface area contributed by atoms with Crippen molar-refractivity contribution < 1.29 is 34.5 Å². The summed E-state index contributed by atoms with van der Waals surface area (Å²) < 4.78 is 0. The first-order valence-electron chi connectivity index (χ1n) is 9.42. The number of thiol groups is 1. The molecule has 0 spiro atoms. The van der Waals surface area contributed by atoms with E-state index in [9.17, 15) is 34.5 Å². The number of aliphatic hydroxyl groups excluding tert-OH is 1. The first-order valence-corrected chi connectivity index (χ1v) is 10.1. The van der Waals surface area contributed by atoms with Crippen molar-refractivity contribution in [3.8, 4) is 5.75 Å². The number of phenolic OH excluding ortho intramolecular Hbond substituents is 1. The van der Waals surface area contributed by atoms with Crippen molar-refractivity contribution in [2.24, 2.45) is 5.73 Å². The molecular formula is C19H28N4O7S. The average Bonchev–Trinajstić information content (AvgIpc) is 2.69. The van der Waals surface area contributed by atoms with Crippen molar-refractivity contribution in [1.29, 1.82) is 0 Å². The molecule has 31 heavy (non-hydrogen) atoms. The summed E-state index contributed by atoms with van der Waals surface area (Å²) in [5, 5.41) is 35.3. The lowest BCUT2D eigenvalue weighted by Crippen LogP contribution is -2.59. The zero-order valence-corrected chi connectivity index (χ0v) is 18.0. The standard InChI is InChI=1S/C19H28N4O7S/c1-9(20)16(26)22-14(8-31)18(28)21-13(7-11-3-5-12(25)6-4-11)17(27)23-15(10(2)24)19(29)30/h3-6,9-10,13-15,24-25,31H,7-8,20H2,1-2H3,(H,21,28)(H,22,26)(H,23,27)(H,29,30). The minimum Gasteiger partial charge on any atom is -0.508 e. The Morgan fingerprint density at radius 1 is 0.968 bits per heavy atom. The summed E-state index contributed by atoms with van der Waals surface area (Å²) in [6.45, 7) is 2.64. The fourth-order valence-electron chi connectivity index (χ4n) is 2.49. The fraction of sp³-hybridized carbons (Fsp3) is 0.474. The molecule has 0 aliphatic carbocycles. The second-order valence-corrected chi connectivity index (χ2v) is 7.39. The van der Waals surface area contributed by atoms with Crippen LogP contribution in [0.1, 0.15) is 19.4 Å². The van der Waals surface area contributed by atoms with Crippen LogP contribution in [-0.4, -0.2) is 75.0 Å². The van der Waals surface area contributed by atoms with Crippen LogP contribution in [0.25, 0.3) is 0 Å². The lowest BCUT2D eigenvalue weighted by Gasteiger charge is -2.25. The molecule has 172 valence electrons. The fourth-order valence-corrected chi connectivity index (χ4v) is 2.75. The van der Waals surface area contributed by atoms with Crippen molar-refractivity contribution in [3.63, 3.8) is 0 Å². The van der Waals surface area contributed by atoms with Crippen LogP contribution in [0.3, 0.4) is 0 Å². The highest BCUT2D eigenvalue weighted by atomic mass is 32.1. The van der Waals surface area contributed by atoms with Gasteiger partial charge in [0.25, 0.3) is 0 Å². The Morgan fingerprint density at radius 3 is 1.94 bits per heavy atom. The molecule has 0 saturated heterocycles. The SMILES string of the molecule is CC(N)C(=O)NC(CS)C(=O)NC(Cc1ccc(O)cc1)C(=O)NC(C(=O)O)C(C)O. The van der Waals surface area contributed by atoms with E-state index in [4.69, 9.17) is 5.73 Å². The van der Waals surface area contributed by atoms with Crippen molar-refractivity contribution >= 4 is 36.3 Å². The van der Waals surface area contributed by atoms with E-state index in [1.54, 1.807) is 0 Å². The van der Waals surface area contributed by atoms with E-state index in [1.807, 2.05) is 0 Å². The third-order valence-corrected chi connectivity index (χ3v) is 4.65. The Kier molecular flexibility index (Phi) is 10.3. The number of aromatic hydroxyl groups is 1. The number of hydrogen-bond acceptors (Lipinski definition) is 8. The van der Waals surface area contributed by atoms with Gasteiger partial charge < -0.3 is 37.0 Å². The largest absolute Gasteiger partial charge is 0.508 e. The van der Waals surface area contributed by atoms with E-state index in [2.05, 4.69) is 28.6 Å². The van der Waals surface area contributed by atoms with Crippen LogP contribution in [0, 0.1) is 0 Å². The Balaban J connectivity index is 3.06. The van der Waals surface area contributed by atoms with E-state index in [1.165, 1.54) is 38.1 Å². The molecule has 11 nitrogen and oxygen atoms in total. The molecule has 0 saturated carbocycles. The molecule has 0 heterocycles. The third-order valence-electron chi connectivity index (χ3n) is 4.28. The smallest absolute Gasteiger partial charge is 0.328 e. The predicted octanol–water partition coefficient (Wildman–Crippen LogP) is -1.87. The number of nitrogens with one attached hydrogen (secondary N) is 3. The number of aliphatic hydroxyl groups is 1. The Hall–Kier alpha value is -2.83. The van der Waals surface area contributed by atoms with Crippen LogP contribution in [0.15, 0.2) is 24.3 Å². The zero-order valence-electron chi connectivity index (χ0n) is 17.1. The van der Waals surface area contributed by atoms with E-state index >= 15 is 0 Å². The molecule has 0 aromatic heterocycles. The molecular weight excluding hydrogens is 428 g/mol. The number of carbonyl (C=O) groups excluding carboxylic acids is 3. The number of carboxylic acids is 1. The van der Waals surface area contributed by atoms with E-state index in [0.29, 0.717) is 5.56 Å². The van der Waals surface area contributed by atoms with Crippen molar-refractivity contribution in [2.75, 3.05) is 5.75 Å². The molecule has 5 unspecified atom stereocenters. The van der Waals surface area contributed by atoms with Gasteiger partial charge in [-0.1, -0.05) is 12.1 Å². The predicted molar refractivity (Wildman–Crippen MR) is 114 cm³/mol. The lowest BCUT2D eigenvalue weighted by atomic mass is 10.0. The first-order chi connectivity index (χ1) is 14.5. The second kappa shape index (κ2) is 12.1. The number of carboxylic acid groups (broad SMARTS) is 1. The van der Waals surface area contributed by atoms with Gasteiger partial charge >= 0.3 is 5.97 Å². The quantitative estimate of drug-likeness (QED) is 0.178. The maximum atomic E-state index is 12.7. The molecule has 0 aliphatic heterocycles. The minimum absolute atomic E-state index is 0.00240. The van der Waals surface area contributed by atoms with E-state index < -0.39 is 54.0 Å². The van der Waals surface area contributed by atoms with Crippen LogP contribution in [-0.2, 0) is 25.6 Å². The summed E-state index contributed by atoms with van der Waals surface area (Å²) in [6.07, 6.45) is -1.44. The maximum absolute atomic E-state index is 12.7. The monoisotopic (exact) mass is 456 g/mol. The van der Waals surface area contributed by atoms with Crippen molar-refractivity contribution in [2.45, 2.75) is 50.5 Å². The van der Waals surface area contributed by atoms with Gasteiger partial charge in [0.1, 0.15) is 17.8 Å². The highest BCUT2D eigenvalue weighted by molar-refractivity contribution is 7.80. The second-order valence-electron chi connectivity index (χ2n) is 7.03. The normalized spacial score (nSPS) is 15.6. The topological polar surface area (TPSA) is 191 Å².